The molecule has 134 valence electrons. The van der Waals surface area contributed by atoms with E-state index in [0.717, 1.165) is 6.54 Å². The van der Waals surface area contributed by atoms with E-state index >= 15 is 0 Å². The Kier molecular flexibility index (Phi) is 8.81. The first-order valence-corrected chi connectivity index (χ1v) is 9.11. The number of thioether (sulfide) groups is 1. The van der Waals surface area contributed by atoms with E-state index in [4.69, 9.17) is 19.8 Å². The van der Waals surface area contributed by atoms with Crippen molar-refractivity contribution < 1.29 is 19.8 Å². The van der Waals surface area contributed by atoms with Gasteiger partial charge in [0.25, 0.3) is 0 Å². The number of hydrogen-bond acceptors (Lipinski definition) is 5. The molecule has 1 heterocycles. The topological polar surface area (TPSA) is 81.1 Å². The molecule has 2 rings (SSSR count). The van der Waals surface area contributed by atoms with E-state index in [1.54, 1.807) is 11.8 Å². The molecule has 0 unspecified atom stereocenters. The minimum Gasteiger partial charge on any atom is -0.473 e. The van der Waals surface area contributed by atoms with Crippen molar-refractivity contribution in [3.63, 3.8) is 0 Å². The number of carboxylic acids is 2. The third kappa shape index (κ3) is 7.33. The fourth-order valence-corrected chi connectivity index (χ4v) is 2.84. The summed E-state index contributed by atoms with van der Waals surface area (Å²) in [6.45, 7) is 10.5. The molecular weight excluding hydrogens is 328 g/mol. The van der Waals surface area contributed by atoms with Crippen LogP contribution in [0.15, 0.2) is 29.2 Å². The molecule has 0 bridgehead atoms. The van der Waals surface area contributed by atoms with E-state index in [1.165, 1.54) is 36.6 Å². The number of rotatable bonds is 4. The molecule has 1 aliphatic rings. The summed E-state index contributed by atoms with van der Waals surface area (Å²) in [7, 11) is 0. The highest BCUT2D eigenvalue weighted by Crippen LogP contribution is 2.16. The second kappa shape index (κ2) is 10.3. The summed E-state index contributed by atoms with van der Waals surface area (Å²) in [5.41, 5.74) is 1.44. The minimum absolute atomic E-state index is 0.688. The lowest BCUT2D eigenvalue weighted by Crippen LogP contribution is -2.48. The van der Waals surface area contributed by atoms with Crippen molar-refractivity contribution in [3.05, 3.63) is 29.8 Å². The first kappa shape index (κ1) is 20.5. The van der Waals surface area contributed by atoms with Crippen LogP contribution in [-0.4, -0.2) is 70.4 Å². The van der Waals surface area contributed by atoms with Crippen LogP contribution in [0.5, 0.6) is 0 Å². The molecule has 0 spiro atoms. The van der Waals surface area contributed by atoms with Crippen LogP contribution in [0, 0.1) is 0 Å². The highest BCUT2D eigenvalue weighted by Gasteiger charge is 2.18. The Morgan fingerprint density at radius 1 is 1.04 bits per heavy atom. The maximum absolute atomic E-state index is 9.10. The second-order valence-corrected chi connectivity index (χ2v) is 6.74. The van der Waals surface area contributed by atoms with Gasteiger partial charge >= 0.3 is 11.9 Å². The normalized spacial score (nSPS) is 15.7. The lowest BCUT2D eigenvalue weighted by atomic mass is 10.2. The highest BCUT2D eigenvalue weighted by atomic mass is 32.2. The smallest absolute Gasteiger partial charge is 0.414 e. The molecule has 7 heteroatoms. The van der Waals surface area contributed by atoms with E-state index in [0.29, 0.717) is 6.04 Å². The van der Waals surface area contributed by atoms with Crippen LogP contribution in [-0.2, 0) is 16.1 Å². The summed E-state index contributed by atoms with van der Waals surface area (Å²) < 4.78 is 0. The number of aliphatic carboxylic acids is 2. The molecule has 2 N–H and O–H groups in total. The lowest BCUT2D eigenvalue weighted by molar-refractivity contribution is -0.159. The molecule has 0 aliphatic carbocycles. The zero-order chi connectivity index (χ0) is 18.1. The van der Waals surface area contributed by atoms with Gasteiger partial charge in [0, 0.05) is 43.7 Å². The zero-order valence-electron chi connectivity index (χ0n) is 14.4. The molecule has 1 saturated heterocycles. The number of nitrogens with zero attached hydrogens (tertiary/aromatic N) is 2. The first-order valence-electron chi connectivity index (χ1n) is 7.89. The van der Waals surface area contributed by atoms with Crippen LogP contribution in [0.4, 0.5) is 0 Å². The van der Waals surface area contributed by atoms with Crippen LogP contribution in [0.1, 0.15) is 19.4 Å². The van der Waals surface area contributed by atoms with Gasteiger partial charge in [-0.25, -0.2) is 9.59 Å². The molecule has 1 aromatic carbocycles. The van der Waals surface area contributed by atoms with E-state index in [9.17, 15) is 0 Å². The van der Waals surface area contributed by atoms with Gasteiger partial charge in [-0.2, -0.15) is 0 Å². The van der Waals surface area contributed by atoms with Gasteiger partial charge in [0.15, 0.2) is 0 Å². The fourth-order valence-electron chi connectivity index (χ4n) is 2.43. The van der Waals surface area contributed by atoms with Crippen molar-refractivity contribution in [2.75, 3.05) is 32.4 Å². The standard InChI is InChI=1S/C15H24N2S.C2H2O4/c1-13(2)17-10-8-16(9-11-17)12-14-4-6-15(18-3)7-5-14;3-1(4)2(5)6/h4-7,13H,8-12H2,1-3H3;(H,3,4)(H,5,6). The Morgan fingerprint density at radius 2 is 1.54 bits per heavy atom. The van der Waals surface area contributed by atoms with Crippen LogP contribution in [0.3, 0.4) is 0 Å². The monoisotopic (exact) mass is 354 g/mol. The van der Waals surface area contributed by atoms with Gasteiger partial charge in [0.05, 0.1) is 0 Å². The van der Waals surface area contributed by atoms with Crippen LogP contribution in [0.2, 0.25) is 0 Å². The maximum atomic E-state index is 9.10. The molecule has 1 aromatic rings. The van der Waals surface area contributed by atoms with Gasteiger partial charge in [-0.15, -0.1) is 11.8 Å². The van der Waals surface area contributed by atoms with Crippen molar-refractivity contribution in [1.29, 1.82) is 0 Å². The third-order valence-corrected chi connectivity index (χ3v) is 4.63. The van der Waals surface area contributed by atoms with Gasteiger partial charge in [0.2, 0.25) is 0 Å². The lowest BCUT2D eigenvalue weighted by Gasteiger charge is -2.36. The van der Waals surface area contributed by atoms with Gasteiger partial charge in [0.1, 0.15) is 0 Å². The number of carbonyl (C=O) groups is 2. The predicted octanol–water partition coefficient (Wildman–Crippen LogP) is 2.09. The summed E-state index contributed by atoms with van der Waals surface area (Å²) in [5, 5.41) is 14.8. The Hall–Kier alpha value is -1.57. The fraction of sp³-hybridized carbons (Fsp3) is 0.529. The summed E-state index contributed by atoms with van der Waals surface area (Å²) in [6.07, 6.45) is 2.13. The summed E-state index contributed by atoms with van der Waals surface area (Å²) in [5.74, 6) is -3.65. The number of piperazine rings is 1. The van der Waals surface area contributed by atoms with E-state index < -0.39 is 11.9 Å². The van der Waals surface area contributed by atoms with Crippen molar-refractivity contribution >= 4 is 23.7 Å². The van der Waals surface area contributed by atoms with Gasteiger partial charge in [-0.1, -0.05) is 12.1 Å². The Balaban J connectivity index is 0.000000413. The van der Waals surface area contributed by atoms with Gasteiger partial charge in [-0.3, -0.25) is 9.80 Å². The maximum Gasteiger partial charge on any atom is 0.414 e. The number of benzene rings is 1. The molecule has 0 amide bonds. The molecule has 6 nitrogen and oxygen atoms in total. The number of hydrogen-bond donors (Lipinski definition) is 2. The SMILES string of the molecule is CSc1ccc(CN2CCN(C(C)C)CC2)cc1.O=C(O)C(=O)O. The quantitative estimate of drug-likeness (QED) is 0.633. The van der Waals surface area contributed by atoms with E-state index in [1.807, 2.05) is 0 Å². The van der Waals surface area contributed by atoms with E-state index in [2.05, 4.69) is 54.2 Å². The van der Waals surface area contributed by atoms with Gasteiger partial charge in [-0.05, 0) is 37.8 Å². The molecule has 1 fully saturated rings. The predicted molar refractivity (Wildman–Crippen MR) is 95.5 cm³/mol. The first-order chi connectivity index (χ1) is 11.3. The summed E-state index contributed by atoms with van der Waals surface area (Å²) >= 11 is 1.81. The van der Waals surface area contributed by atoms with Crippen molar-refractivity contribution in [2.24, 2.45) is 0 Å². The summed E-state index contributed by atoms with van der Waals surface area (Å²) in [6, 6.07) is 9.67. The highest BCUT2D eigenvalue weighted by molar-refractivity contribution is 7.98. The third-order valence-electron chi connectivity index (χ3n) is 3.89. The van der Waals surface area contributed by atoms with Crippen molar-refractivity contribution in [2.45, 2.75) is 31.3 Å². The Morgan fingerprint density at radius 3 is 1.92 bits per heavy atom. The zero-order valence-corrected chi connectivity index (χ0v) is 15.3. The van der Waals surface area contributed by atoms with Crippen LogP contribution in [0.25, 0.3) is 0 Å². The number of carboxylic acid groups (broad SMARTS) is 2. The molecule has 0 aromatic heterocycles. The van der Waals surface area contributed by atoms with E-state index in [-0.39, 0.29) is 0 Å². The summed E-state index contributed by atoms with van der Waals surface area (Å²) in [4.78, 5) is 24.7. The average molecular weight is 354 g/mol. The molecule has 0 radical (unpaired) electrons. The average Bonchev–Trinajstić information content (AvgIpc) is 2.56. The molecule has 0 saturated carbocycles. The Labute approximate surface area is 147 Å². The van der Waals surface area contributed by atoms with Crippen molar-refractivity contribution in [3.8, 4) is 0 Å². The Bertz CT molecular complexity index is 514. The molecule has 1 aliphatic heterocycles. The van der Waals surface area contributed by atoms with Crippen molar-refractivity contribution in [1.82, 2.24) is 9.80 Å². The van der Waals surface area contributed by atoms with Gasteiger partial charge < -0.3 is 10.2 Å². The van der Waals surface area contributed by atoms with Crippen LogP contribution >= 0.6 is 11.8 Å². The van der Waals surface area contributed by atoms with Crippen LogP contribution < -0.4 is 0 Å². The molecule has 0 atom stereocenters. The minimum atomic E-state index is -1.82. The molecule has 24 heavy (non-hydrogen) atoms. The largest absolute Gasteiger partial charge is 0.473 e. The second-order valence-electron chi connectivity index (χ2n) is 5.86. The molecular formula is C17H26N2O4S.